The summed E-state index contributed by atoms with van der Waals surface area (Å²) in [4.78, 5) is 3.93. The quantitative estimate of drug-likeness (QED) is 0.377. The van der Waals surface area contributed by atoms with E-state index in [9.17, 15) is 8.78 Å². The van der Waals surface area contributed by atoms with E-state index in [0.717, 1.165) is 5.56 Å². The highest BCUT2D eigenvalue weighted by Gasteiger charge is 2.13. The highest BCUT2D eigenvalue weighted by Crippen LogP contribution is 2.20. The van der Waals surface area contributed by atoms with Crippen LogP contribution in [0.15, 0.2) is 18.3 Å². The van der Waals surface area contributed by atoms with Crippen molar-refractivity contribution in [3.05, 3.63) is 23.9 Å². The van der Waals surface area contributed by atoms with Crippen molar-refractivity contribution in [3.63, 3.8) is 0 Å². The molecule has 1 unspecified atom stereocenters. The van der Waals surface area contributed by atoms with Crippen LogP contribution in [0.25, 0.3) is 0 Å². The Morgan fingerprint density at radius 3 is 2.82 bits per heavy atom. The van der Waals surface area contributed by atoms with Crippen LogP contribution >= 0.6 is 0 Å². The molecule has 7 heteroatoms. The summed E-state index contributed by atoms with van der Waals surface area (Å²) in [6.07, 6.45) is -0.443. The maximum Gasteiger partial charge on any atom is 0.261 e. The lowest BCUT2D eigenvalue weighted by atomic mass is 10.1. The van der Waals surface area contributed by atoms with Crippen molar-refractivity contribution < 1.29 is 13.5 Å². The molecule has 0 aliphatic carbocycles. The van der Waals surface area contributed by atoms with E-state index < -0.39 is 13.0 Å². The molecule has 0 fully saturated rings. The number of nitrogens with one attached hydrogen (secondary N) is 1. The molecule has 0 radical (unpaired) electrons. The first-order valence-corrected chi connectivity index (χ1v) is 5.17. The molecule has 0 saturated carbocycles. The number of hydrogen-bond donors (Lipinski definition) is 3. The normalized spacial score (nSPS) is 12.9. The van der Waals surface area contributed by atoms with Crippen LogP contribution in [0.4, 0.5) is 14.6 Å². The van der Waals surface area contributed by atoms with Crippen molar-refractivity contribution in [3.8, 4) is 0 Å². The average molecular weight is 246 g/mol. The molecule has 96 valence electrons. The molecule has 0 aliphatic heterocycles. The number of nitrogens with two attached hydrogens (primary N) is 2. The van der Waals surface area contributed by atoms with Crippen molar-refractivity contribution >= 4 is 5.82 Å². The molecule has 5 nitrogen and oxygen atoms in total. The van der Waals surface area contributed by atoms with Gasteiger partial charge in [0.15, 0.2) is 0 Å². The molecular formula is C10H16F2N4O. The van der Waals surface area contributed by atoms with Crippen molar-refractivity contribution in [2.45, 2.75) is 18.9 Å². The molecule has 1 aromatic heterocycles. The number of hydrogen-bond acceptors (Lipinski definition) is 5. The lowest BCUT2D eigenvalue weighted by molar-refractivity contribution is 0.0144. The summed E-state index contributed by atoms with van der Waals surface area (Å²) in [6, 6.07) is 3.25. The first-order valence-electron chi connectivity index (χ1n) is 5.17. The van der Waals surface area contributed by atoms with Crippen molar-refractivity contribution in [2.24, 2.45) is 5.84 Å². The third kappa shape index (κ3) is 4.59. The van der Waals surface area contributed by atoms with Crippen LogP contribution in [-0.2, 0) is 4.74 Å². The van der Waals surface area contributed by atoms with Crippen LogP contribution in [-0.4, -0.2) is 24.6 Å². The molecule has 0 aliphatic rings. The fraction of sp³-hybridized carbons (Fsp3) is 0.500. The molecule has 0 saturated heterocycles. The maximum absolute atomic E-state index is 11.8. The van der Waals surface area contributed by atoms with Gasteiger partial charge in [0.25, 0.3) is 6.43 Å². The Balaban J connectivity index is 2.46. The lowest BCUT2D eigenvalue weighted by Gasteiger charge is -2.17. The fourth-order valence-electron chi connectivity index (χ4n) is 1.43. The van der Waals surface area contributed by atoms with E-state index in [1.807, 2.05) is 0 Å². The van der Waals surface area contributed by atoms with E-state index in [1.54, 1.807) is 18.3 Å². The zero-order valence-corrected chi connectivity index (χ0v) is 9.27. The molecule has 17 heavy (non-hydrogen) atoms. The minimum atomic E-state index is -2.46. The van der Waals surface area contributed by atoms with Gasteiger partial charge < -0.3 is 10.5 Å². The van der Waals surface area contributed by atoms with Gasteiger partial charge >= 0.3 is 0 Å². The van der Waals surface area contributed by atoms with E-state index in [2.05, 4.69) is 10.4 Å². The highest BCUT2D eigenvalue weighted by molar-refractivity contribution is 5.40. The predicted molar refractivity (Wildman–Crippen MR) is 60.2 cm³/mol. The number of aromatic nitrogens is 1. The fourth-order valence-corrected chi connectivity index (χ4v) is 1.43. The second kappa shape index (κ2) is 7.10. The number of ether oxygens (including phenoxy) is 1. The standard InChI is InChI=1S/C10H16F2N4O/c11-9(12)6-17-5-3-8(16-14)7-2-1-4-15-10(7)13/h1-2,4,8-9,16H,3,5-6,14H2,(H2,13,15). The zero-order chi connectivity index (χ0) is 12.7. The summed E-state index contributed by atoms with van der Waals surface area (Å²) < 4.78 is 28.4. The van der Waals surface area contributed by atoms with Crippen LogP contribution in [0.2, 0.25) is 0 Å². The monoisotopic (exact) mass is 246 g/mol. The van der Waals surface area contributed by atoms with Gasteiger partial charge in [-0.3, -0.25) is 11.3 Å². The predicted octanol–water partition coefficient (Wildman–Crippen LogP) is 0.840. The Labute approximate surface area is 98.1 Å². The van der Waals surface area contributed by atoms with Gasteiger partial charge in [-0.05, 0) is 12.5 Å². The molecule has 0 amide bonds. The van der Waals surface area contributed by atoms with E-state index in [-0.39, 0.29) is 12.6 Å². The summed E-state index contributed by atoms with van der Waals surface area (Å²) >= 11 is 0. The van der Waals surface area contributed by atoms with Gasteiger partial charge in [0.1, 0.15) is 12.4 Å². The van der Waals surface area contributed by atoms with Gasteiger partial charge in [0.2, 0.25) is 0 Å². The van der Waals surface area contributed by atoms with E-state index >= 15 is 0 Å². The first-order chi connectivity index (χ1) is 8.15. The lowest BCUT2D eigenvalue weighted by Crippen LogP contribution is -2.30. The summed E-state index contributed by atoms with van der Waals surface area (Å²) in [5.41, 5.74) is 8.97. The summed E-state index contributed by atoms with van der Waals surface area (Å²) in [5, 5.41) is 0. The second-order valence-corrected chi connectivity index (χ2v) is 3.45. The van der Waals surface area contributed by atoms with Crippen LogP contribution < -0.4 is 17.0 Å². The van der Waals surface area contributed by atoms with Crippen LogP contribution in [0.5, 0.6) is 0 Å². The number of pyridine rings is 1. The molecule has 1 heterocycles. The van der Waals surface area contributed by atoms with E-state index in [4.69, 9.17) is 16.3 Å². The number of alkyl halides is 2. The average Bonchev–Trinajstić information content (AvgIpc) is 2.30. The molecule has 0 spiro atoms. The summed E-state index contributed by atoms with van der Waals surface area (Å²) in [6.45, 7) is -0.395. The Kier molecular flexibility index (Phi) is 5.75. The molecule has 0 bridgehead atoms. The van der Waals surface area contributed by atoms with E-state index in [0.29, 0.717) is 12.2 Å². The van der Waals surface area contributed by atoms with Gasteiger partial charge in [0, 0.05) is 18.4 Å². The van der Waals surface area contributed by atoms with E-state index in [1.165, 1.54) is 0 Å². The number of halogens is 2. The van der Waals surface area contributed by atoms with Gasteiger partial charge in [-0.25, -0.2) is 13.8 Å². The number of anilines is 1. The van der Waals surface area contributed by atoms with Gasteiger partial charge in [-0.15, -0.1) is 0 Å². The molecule has 0 aromatic carbocycles. The zero-order valence-electron chi connectivity index (χ0n) is 9.27. The minimum Gasteiger partial charge on any atom is -0.383 e. The number of nitrogens with zero attached hydrogens (tertiary/aromatic N) is 1. The Morgan fingerprint density at radius 1 is 1.47 bits per heavy atom. The van der Waals surface area contributed by atoms with Gasteiger partial charge in [0.05, 0.1) is 6.04 Å². The highest BCUT2D eigenvalue weighted by atomic mass is 19.3. The van der Waals surface area contributed by atoms with Crippen LogP contribution in [0.3, 0.4) is 0 Å². The summed E-state index contributed by atoms with van der Waals surface area (Å²) in [5.74, 6) is 5.74. The third-order valence-corrected chi connectivity index (χ3v) is 2.24. The Morgan fingerprint density at radius 2 is 2.24 bits per heavy atom. The second-order valence-electron chi connectivity index (χ2n) is 3.45. The number of hydrazine groups is 1. The third-order valence-electron chi connectivity index (χ3n) is 2.24. The SMILES string of the molecule is NNC(CCOCC(F)F)c1cccnc1N. The van der Waals surface area contributed by atoms with Gasteiger partial charge in [-0.2, -0.15) is 0 Å². The minimum absolute atomic E-state index is 0.174. The molecule has 5 N–H and O–H groups in total. The molecular weight excluding hydrogens is 230 g/mol. The Bertz CT molecular complexity index is 338. The maximum atomic E-state index is 11.8. The van der Waals surface area contributed by atoms with Crippen molar-refractivity contribution in [1.29, 1.82) is 0 Å². The van der Waals surface area contributed by atoms with Crippen molar-refractivity contribution in [1.82, 2.24) is 10.4 Å². The first kappa shape index (κ1) is 13.8. The largest absolute Gasteiger partial charge is 0.383 e. The summed E-state index contributed by atoms with van der Waals surface area (Å²) in [7, 11) is 0. The van der Waals surface area contributed by atoms with Gasteiger partial charge in [-0.1, -0.05) is 6.07 Å². The molecule has 1 rings (SSSR count). The molecule has 1 aromatic rings. The van der Waals surface area contributed by atoms with Crippen LogP contribution in [0.1, 0.15) is 18.0 Å². The Hall–Kier alpha value is -1.31. The topological polar surface area (TPSA) is 86.2 Å². The number of rotatable bonds is 7. The molecule has 1 atom stereocenters. The smallest absolute Gasteiger partial charge is 0.261 e. The van der Waals surface area contributed by atoms with Crippen molar-refractivity contribution in [2.75, 3.05) is 18.9 Å². The number of nitrogen functional groups attached to an aromatic ring is 1. The van der Waals surface area contributed by atoms with Crippen LogP contribution in [0, 0.1) is 0 Å².